The maximum atomic E-state index is 10.2. The van der Waals surface area contributed by atoms with E-state index in [-0.39, 0.29) is 5.78 Å². The van der Waals surface area contributed by atoms with Crippen LogP contribution in [0.4, 0.5) is 0 Å². The van der Waals surface area contributed by atoms with Crippen LogP contribution in [0.2, 0.25) is 0 Å². The highest BCUT2D eigenvalue weighted by molar-refractivity contribution is 7.99. The predicted molar refractivity (Wildman–Crippen MR) is 89.1 cm³/mol. The Kier molecular flexibility index (Phi) is 61.0. The van der Waals surface area contributed by atoms with Crippen molar-refractivity contribution in [2.24, 2.45) is 0 Å². The summed E-state index contributed by atoms with van der Waals surface area (Å²) in [4.78, 5) is 10.2. The van der Waals surface area contributed by atoms with Crippen molar-refractivity contribution in [3.63, 3.8) is 0 Å². The van der Waals surface area contributed by atoms with Gasteiger partial charge in [0.2, 0.25) is 0 Å². The van der Waals surface area contributed by atoms with E-state index in [1.54, 1.807) is 18.7 Å². The van der Waals surface area contributed by atoms with E-state index in [0.29, 0.717) is 5.75 Å². The molecule has 0 aromatic heterocycles. The largest absolute Gasteiger partial charge is 0.299 e. The number of thioether (sulfide) groups is 2. The van der Waals surface area contributed by atoms with Gasteiger partial charge in [-0.15, -0.1) is 0 Å². The Hall–Kier alpha value is 1.41. The van der Waals surface area contributed by atoms with Crippen LogP contribution >= 0.6 is 39.6 Å². The van der Waals surface area contributed by atoms with Gasteiger partial charge in [0.05, 0.1) is 5.75 Å². The van der Waals surface area contributed by atoms with Gasteiger partial charge in [-0.05, 0) is 40.7 Å². The van der Waals surface area contributed by atoms with Gasteiger partial charge in [-0.3, -0.25) is 4.79 Å². The summed E-state index contributed by atoms with van der Waals surface area (Å²) in [6.45, 7) is 5.81. The van der Waals surface area contributed by atoms with E-state index >= 15 is 0 Å². The minimum atomic E-state index is 0.270. The highest BCUT2D eigenvalue weighted by Crippen LogP contribution is 1.96. The van der Waals surface area contributed by atoms with Gasteiger partial charge in [0.25, 0.3) is 0 Å². The predicted octanol–water partition coefficient (Wildman–Crippen LogP) is 3.88. The van der Waals surface area contributed by atoms with E-state index in [1.807, 2.05) is 18.7 Å². The van der Waals surface area contributed by atoms with Crippen molar-refractivity contribution in [3.8, 4) is 0 Å². The molecule has 0 aliphatic rings. The first-order chi connectivity index (χ1) is 7.18. The molecule has 7 heteroatoms. The van der Waals surface area contributed by atoms with Crippen LogP contribution in [0.5, 0.6) is 0 Å². The minimum Gasteiger partial charge on any atom is -0.299 e. The van der Waals surface area contributed by atoms with Gasteiger partial charge in [0, 0.05) is 0 Å². The SMILES string of the molecule is CCSC.CCSCC(C)=O.P=S.P=S. The molecule has 0 aliphatic carbocycles. The highest BCUT2D eigenvalue weighted by atomic mass is 32.4. The van der Waals surface area contributed by atoms with Crippen molar-refractivity contribution in [1.29, 1.82) is 0 Å². The van der Waals surface area contributed by atoms with Crippen LogP contribution in [0.1, 0.15) is 20.8 Å². The molecule has 1 nitrogen and oxygen atoms in total. The van der Waals surface area contributed by atoms with Gasteiger partial charge in [0.15, 0.2) is 0 Å². The van der Waals surface area contributed by atoms with Crippen LogP contribution in [0.25, 0.3) is 0 Å². The van der Waals surface area contributed by atoms with Gasteiger partial charge in [0.1, 0.15) is 5.78 Å². The lowest BCUT2D eigenvalue weighted by Crippen LogP contribution is -1.92. The third-order valence-electron chi connectivity index (χ3n) is 0.798. The molecule has 0 unspecified atom stereocenters. The molecule has 0 aromatic carbocycles. The molecule has 0 saturated carbocycles. The molecule has 0 amide bonds. The topological polar surface area (TPSA) is 17.1 Å². The second kappa shape index (κ2) is 36.1. The van der Waals surface area contributed by atoms with Gasteiger partial charge in [-0.1, -0.05) is 37.5 Å². The zero-order chi connectivity index (χ0) is 13.1. The Morgan fingerprint density at radius 2 is 1.47 bits per heavy atom. The molecular formula is C8H20OP2S4. The van der Waals surface area contributed by atoms with Gasteiger partial charge < -0.3 is 0 Å². The third kappa shape index (κ3) is 67.4. The summed E-state index contributed by atoms with van der Waals surface area (Å²) >= 11 is 11.3. The molecule has 0 heterocycles. The van der Waals surface area contributed by atoms with E-state index < -0.39 is 0 Å². The quantitative estimate of drug-likeness (QED) is 0.728. The lowest BCUT2D eigenvalue weighted by Gasteiger charge is -1.87. The van der Waals surface area contributed by atoms with Gasteiger partial charge in [-0.25, -0.2) is 0 Å². The molecule has 0 spiro atoms. The number of carbonyl (C=O) groups is 1. The molecule has 0 N–H and O–H groups in total. The Morgan fingerprint density at radius 1 is 1.13 bits per heavy atom. The maximum Gasteiger partial charge on any atom is 0.139 e. The molecule has 0 bridgehead atoms. The van der Waals surface area contributed by atoms with Crippen molar-refractivity contribution in [3.05, 3.63) is 0 Å². The zero-order valence-corrected chi connectivity index (χ0v) is 14.9. The zero-order valence-electron chi connectivity index (χ0n) is 9.66. The van der Waals surface area contributed by atoms with Gasteiger partial charge >= 0.3 is 0 Å². The Labute approximate surface area is 117 Å². The Bertz CT molecular complexity index is 113. The molecule has 0 fully saturated rings. The third-order valence-corrected chi connectivity index (χ3v) is 2.39. The smallest absolute Gasteiger partial charge is 0.139 e. The number of carbonyl (C=O) groups excluding carboxylic acids is 1. The monoisotopic (exact) mass is 322 g/mol. The molecule has 0 aromatic rings. The minimum absolute atomic E-state index is 0.270. The average molecular weight is 322 g/mol. The number of Topliss-reactive ketones (excluding diaryl/α,β-unsaturated/α-hetero) is 1. The van der Waals surface area contributed by atoms with E-state index in [9.17, 15) is 4.79 Å². The molecule has 0 saturated heterocycles. The fourth-order valence-corrected chi connectivity index (χ4v) is 0.737. The van der Waals surface area contributed by atoms with Crippen LogP contribution in [0.15, 0.2) is 0 Å². The van der Waals surface area contributed by atoms with Crippen LogP contribution < -0.4 is 0 Å². The first-order valence-corrected chi connectivity index (χ1v) is 9.97. The number of ketones is 1. The van der Waals surface area contributed by atoms with Crippen molar-refractivity contribution in [1.82, 2.24) is 0 Å². The van der Waals surface area contributed by atoms with Crippen molar-refractivity contribution in [2.45, 2.75) is 20.8 Å². The summed E-state index contributed by atoms with van der Waals surface area (Å²) in [7, 11) is 5.11. The van der Waals surface area contributed by atoms with Crippen molar-refractivity contribution in [2.75, 3.05) is 23.5 Å². The Morgan fingerprint density at radius 3 is 1.53 bits per heavy atom. The summed E-state index contributed by atoms with van der Waals surface area (Å²) < 4.78 is 0. The molecule has 15 heavy (non-hydrogen) atoms. The molecule has 0 atom stereocenters. The number of hydrogen-bond donors (Lipinski definition) is 0. The van der Waals surface area contributed by atoms with E-state index in [1.165, 1.54) is 5.75 Å². The molecule has 0 rings (SSSR count). The van der Waals surface area contributed by atoms with Crippen molar-refractivity contribution >= 4 is 69.0 Å². The summed E-state index contributed by atoms with van der Waals surface area (Å²) in [5, 5.41) is 0. The van der Waals surface area contributed by atoms with Crippen LogP contribution in [0.3, 0.4) is 0 Å². The van der Waals surface area contributed by atoms with Crippen molar-refractivity contribution < 1.29 is 4.79 Å². The molecular weight excluding hydrogens is 302 g/mol. The Balaban J connectivity index is -0.0000000647. The lowest BCUT2D eigenvalue weighted by atomic mass is 10.5. The summed E-state index contributed by atoms with van der Waals surface area (Å²) in [5.41, 5.74) is 0. The normalized spacial score (nSPS) is 6.67. The van der Waals surface area contributed by atoms with E-state index in [4.69, 9.17) is 0 Å². The second-order valence-electron chi connectivity index (χ2n) is 1.92. The molecule has 92 valence electrons. The van der Waals surface area contributed by atoms with Crippen LogP contribution in [-0.2, 0) is 28.4 Å². The maximum absolute atomic E-state index is 10.2. The number of hydrogen-bond acceptors (Lipinski definition) is 5. The standard InChI is InChI=1S/C5H10OS.C3H8S.2HPS/c1-3-7-4-5(2)6;1-3-4-2;2*1-2/h3-4H2,1-2H3;3H2,1-2H3;2*1H. The fraction of sp³-hybridized carbons (Fsp3) is 0.875. The lowest BCUT2D eigenvalue weighted by molar-refractivity contribution is -0.114. The van der Waals surface area contributed by atoms with E-state index in [0.717, 1.165) is 5.75 Å². The fourth-order valence-electron chi connectivity index (χ4n) is 0.246. The summed E-state index contributed by atoms with van der Waals surface area (Å²) in [6.07, 6.45) is 2.10. The molecule has 0 radical (unpaired) electrons. The first-order valence-electron chi connectivity index (χ1n) is 4.15. The second-order valence-corrected chi connectivity index (χ2v) is 4.35. The highest BCUT2D eigenvalue weighted by Gasteiger charge is 1.87. The molecule has 0 aliphatic heterocycles. The van der Waals surface area contributed by atoms with E-state index in [2.05, 4.69) is 52.8 Å². The van der Waals surface area contributed by atoms with Crippen LogP contribution in [0, 0.1) is 0 Å². The summed E-state index contributed by atoms with van der Waals surface area (Å²) in [6, 6.07) is 0. The first kappa shape index (κ1) is 25.3. The number of rotatable bonds is 4. The van der Waals surface area contributed by atoms with Gasteiger partial charge in [-0.2, -0.15) is 23.5 Å². The average Bonchev–Trinajstić information content (AvgIpc) is 2.32. The summed E-state index contributed by atoms with van der Waals surface area (Å²) in [5.74, 6) is 3.22. The van der Waals surface area contributed by atoms with Crippen LogP contribution in [-0.4, -0.2) is 29.3 Å².